The Morgan fingerprint density at radius 3 is 2.71 bits per heavy atom. The number of hydrogen-bond donors (Lipinski definition) is 1. The van der Waals surface area contributed by atoms with Crippen LogP contribution in [0.2, 0.25) is 0 Å². The molecule has 4 rings (SSSR count). The maximum absolute atomic E-state index is 13.5. The van der Waals surface area contributed by atoms with Crippen LogP contribution in [0.5, 0.6) is 0 Å². The number of carbonyl (C=O) groups is 1. The molecule has 2 N–H and O–H groups in total. The molecule has 0 atom stereocenters. The SMILES string of the molecule is Cc1sc2nc(-c3ccncc3)n(CCCC(N)=O)c(=O)c2c1-c1cccs1. The van der Waals surface area contributed by atoms with Gasteiger partial charge in [-0.25, -0.2) is 4.98 Å². The van der Waals surface area contributed by atoms with Crippen molar-refractivity contribution in [3.8, 4) is 21.8 Å². The highest BCUT2D eigenvalue weighted by molar-refractivity contribution is 7.20. The maximum atomic E-state index is 13.5. The Kier molecular flexibility index (Phi) is 5.06. The molecule has 0 aliphatic heterocycles. The van der Waals surface area contributed by atoms with Gasteiger partial charge in [0.25, 0.3) is 5.56 Å². The van der Waals surface area contributed by atoms with Gasteiger partial charge in [-0.2, -0.15) is 0 Å². The van der Waals surface area contributed by atoms with E-state index in [4.69, 9.17) is 10.7 Å². The Labute approximate surface area is 169 Å². The van der Waals surface area contributed by atoms with Crippen molar-refractivity contribution in [3.05, 3.63) is 57.3 Å². The lowest BCUT2D eigenvalue weighted by atomic mass is 10.1. The Bertz CT molecular complexity index is 1190. The van der Waals surface area contributed by atoms with Crippen LogP contribution in [0, 0.1) is 6.92 Å². The minimum absolute atomic E-state index is 0.0889. The van der Waals surface area contributed by atoms with E-state index in [-0.39, 0.29) is 17.9 Å². The predicted molar refractivity (Wildman–Crippen MR) is 114 cm³/mol. The molecule has 4 aromatic rings. The van der Waals surface area contributed by atoms with Crippen molar-refractivity contribution in [1.29, 1.82) is 0 Å². The smallest absolute Gasteiger partial charge is 0.263 e. The summed E-state index contributed by atoms with van der Waals surface area (Å²) in [5.41, 5.74) is 6.96. The number of nitrogens with two attached hydrogens (primary N) is 1. The highest BCUT2D eigenvalue weighted by Gasteiger charge is 2.21. The van der Waals surface area contributed by atoms with Gasteiger partial charge in [0.05, 0.1) is 5.39 Å². The number of primary amides is 1. The van der Waals surface area contributed by atoms with Gasteiger partial charge in [0.2, 0.25) is 5.91 Å². The summed E-state index contributed by atoms with van der Waals surface area (Å²) in [6.45, 7) is 2.39. The number of pyridine rings is 1. The van der Waals surface area contributed by atoms with Crippen LogP contribution in [0.4, 0.5) is 0 Å². The van der Waals surface area contributed by atoms with Crippen LogP contribution in [0.15, 0.2) is 46.8 Å². The molecule has 0 fully saturated rings. The average molecular weight is 411 g/mol. The van der Waals surface area contributed by atoms with Crippen molar-refractivity contribution in [2.75, 3.05) is 0 Å². The quantitative estimate of drug-likeness (QED) is 0.523. The largest absolute Gasteiger partial charge is 0.370 e. The predicted octanol–water partition coefficient (Wildman–Crippen LogP) is 3.82. The van der Waals surface area contributed by atoms with Gasteiger partial charge in [0, 0.05) is 46.2 Å². The fourth-order valence-corrected chi connectivity index (χ4v) is 5.18. The van der Waals surface area contributed by atoms with Crippen LogP contribution in [0.1, 0.15) is 17.7 Å². The van der Waals surface area contributed by atoms with E-state index in [0.29, 0.717) is 24.2 Å². The van der Waals surface area contributed by atoms with Crippen LogP contribution in [-0.2, 0) is 11.3 Å². The Hall–Kier alpha value is -2.84. The summed E-state index contributed by atoms with van der Waals surface area (Å²) in [4.78, 5) is 36.4. The van der Waals surface area contributed by atoms with E-state index in [0.717, 1.165) is 25.7 Å². The number of rotatable bonds is 6. The van der Waals surface area contributed by atoms with Crippen molar-refractivity contribution < 1.29 is 4.79 Å². The molecule has 0 saturated carbocycles. The molecule has 0 aliphatic rings. The van der Waals surface area contributed by atoms with E-state index in [1.807, 2.05) is 36.6 Å². The summed E-state index contributed by atoms with van der Waals surface area (Å²) in [5, 5.41) is 2.64. The lowest BCUT2D eigenvalue weighted by Crippen LogP contribution is -2.24. The molecule has 0 radical (unpaired) electrons. The molecule has 0 unspecified atom stereocenters. The molecule has 0 aromatic carbocycles. The van der Waals surface area contributed by atoms with Crippen LogP contribution in [0.3, 0.4) is 0 Å². The van der Waals surface area contributed by atoms with E-state index in [1.165, 1.54) is 11.3 Å². The first-order valence-corrected chi connectivity index (χ1v) is 10.5. The topological polar surface area (TPSA) is 90.9 Å². The molecule has 0 saturated heterocycles. The minimum atomic E-state index is -0.377. The molecule has 28 heavy (non-hydrogen) atoms. The first-order chi connectivity index (χ1) is 13.6. The van der Waals surface area contributed by atoms with Gasteiger partial charge < -0.3 is 5.73 Å². The summed E-state index contributed by atoms with van der Waals surface area (Å²) >= 11 is 3.14. The van der Waals surface area contributed by atoms with Gasteiger partial charge in [-0.15, -0.1) is 22.7 Å². The Balaban J connectivity index is 1.96. The van der Waals surface area contributed by atoms with Crippen molar-refractivity contribution in [3.63, 3.8) is 0 Å². The van der Waals surface area contributed by atoms with Crippen molar-refractivity contribution in [2.45, 2.75) is 26.3 Å². The number of hydrogen-bond acceptors (Lipinski definition) is 6. The highest BCUT2D eigenvalue weighted by atomic mass is 32.1. The number of aromatic nitrogens is 3. The Morgan fingerprint density at radius 1 is 1.25 bits per heavy atom. The molecule has 0 spiro atoms. The molecule has 4 aromatic heterocycles. The zero-order chi connectivity index (χ0) is 19.7. The molecular formula is C20H18N4O2S2. The average Bonchev–Trinajstić information content (AvgIpc) is 3.31. The molecule has 0 bridgehead atoms. The first-order valence-electron chi connectivity index (χ1n) is 8.82. The molecular weight excluding hydrogens is 392 g/mol. The van der Waals surface area contributed by atoms with Crippen LogP contribution in [-0.4, -0.2) is 20.4 Å². The lowest BCUT2D eigenvalue weighted by molar-refractivity contribution is -0.118. The third kappa shape index (κ3) is 3.36. The van der Waals surface area contributed by atoms with Gasteiger partial charge in [0.15, 0.2) is 0 Å². The zero-order valence-corrected chi connectivity index (χ0v) is 16.8. The molecule has 4 heterocycles. The number of aryl methyl sites for hydroxylation is 1. The van der Waals surface area contributed by atoms with E-state index < -0.39 is 0 Å². The van der Waals surface area contributed by atoms with Gasteiger partial charge in [-0.3, -0.25) is 19.1 Å². The molecule has 0 aliphatic carbocycles. The van der Waals surface area contributed by atoms with E-state index in [2.05, 4.69) is 4.98 Å². The summed E-state index contributed by atoms with van der Waals surface area (Å²) < 4.78 is 1.66. The van der Waals surface area contributed by atoms with Crippen LogP contribution in [0.25, 0.3) is 32.0 Å². The number of nitrogens with zero attached hydrogens (tertiary/aromatic N) is 3. The standard InChI is InChI=1S/C20H18N4O2S2/c1-12-16(14-4-3-11-27-14)17-19(28-12)23-18(13-6-8-22-9-7-13)24(20(17)26)10-2-5-15(21)25/h3-4,6-9,11H,2,5,10H2,1H3,(H2,21,25). The molecule has 142 valence electrons. The second-order valence-electron chi connectivity index (χ2n) is 6.39. The normalized spacial score (nSPS) is 11.2. The summed E-state index contributed by atoms with van der Waals surface area (Å²) in [6, 6.07) is 7.66. The maximum Gasteiger partial charge on any atom is 0.263 e. The monoisotopic (exact) mass is 410 g/mol. The van der Waals surface area contributed by atoms with Crippen LogP contribution < -0.4 is 11.3 Å². The van der Waals surface area contributed by atoms with Gasteiger partial charge in [0.1, 0.15) is 10.7 Å². The van der Waals surface area contributed by atoms with Gasteiger partial charge in [-0.05, 0) is 36.9 Å². The minimum Gasteiger partial charge on any atom is -0.370 e. The third-order valence-corrected chi connectivity index (χ3v) is 6.39. The number of carbonyl (C=O) groups excluding carboxylic acids is 1. The third-order valence-electron chi connectivity index (χ3n) is 4.50. The number of amides is 1. The fourth-order valence-electron chi connectivity index (χ4n) is 3.25. The van der Waals surface area contributed by atoms with Gasteiger partial charge >= 0.3 is 0 Å². The number of fused-ring (bicyclic) bond motifs is 1. The first kappa shape index (κ1) is 18.5. The van der Waals surface area contributed by atoms with Crippen molar-refractivity contribution in [2.24, 2.45) is 5.73 Å². The second-order valence-corrected chi connectivity index (χ2v) is 8.54. The van der Waals surface area contributed by atoms with E-state index in [1.54, 1.807) is 28.3 Å². The summed E-state index contributed by atoms with van der Waals surface area (Å²) in [7, 11) is 0. The second kappa shape index (κ2) is 7.65. The van der Waals surface area contributed by atoms with Crippen molar-refractivity contribution >= 4 is 38.8 Å². The Morgan fingerprint density at radius 2 is 2.04 bits per heavy atom. The summed E-state index contributed by atoms with van der Waals surface area (Å²) in [6.07, 6.45) is 4.06. The lowest BCUT2D eigenvalue weighted by Gasteiger charge is -2.12. The molecule has 6 nitrogen and oxygen atoms in total. The fraction of sp³-hybridized carbons (Fsp3) is 0.200. The molecule has 1 amide bonds. The summed E-state index contributed by atoms with van der Waals surface area (Å²) in [5.74, 6) is 0.210. The van der Waals surface area contributed by atoms with E-state index in [9.17, 15) is 9.59 Å². The number of thiophene rings is 2. The van der Waals surface area contributed by atoms with E-state index >= 15 is 0 Å². The molecule has 8 heteroatoms. The van der Waals surface area contributed by atoms with Crippen molar-refractivity contribution in [1.82, 2.24) is 14.5 Å². The van der Waals surface area contributed by atoms with Crippen LogP contribution >= 0.6 is 22.7 Å². The highest BCUT2D eigenvalue weighted by Crippen LogP contribution is 2.38. The van der Waals surface area contributed by atoms with Gasteiger partial charge in [-0.1, -0.05) is 6.07 Å². The zero-order valence-electron chi connectivity index (χ0n) is 15.2.